The van der Waals surface area contributed by atoms with Crippen LogP contribution in [0.25, 0.3) is 0 Å². The summed E-state index contributed by atoms with van der Waals surface area (Å²) in [5, 5.41) is 7.99. The molecule has 0 radical (unpaired) electrons. The largest absolute Gasteiger partial charge is 0.382 e. The van der Waals surface area contributed by atoms with Crippen LogP contribution < -0.4 is 5.73 Å². The van der Waals surface area contributed by atoms with Crippen LogP contribution in [-0.4, -0.2) is 22.5 Å². The van der Waals surface area contributed by atoms with Gasteiger partial charge < -0.3 is 10.8 Å². The quantitative estimate of drug-likeness (QED) is 0.502. The number of halogens is 1. The summed E-state index contributed by atoms with van der Waals surface area (Å²) < 4.78 is 0. The maximum Gasteiger partial charge on any atom is 0.247 e. The van der Waals surface area contributed by atoms with Gasteiger partial charge in [0, 0.05) is 0 Å². The van der Waals surface area contributed by atoms with E-state index in [9.17, 15) is 4.79 Å². The summed E-state index contributed by atoms with van der Waals surface area (Å²) >= 11 is 5.27. The lowest BCUT2D eigenvalue weighted by molar-refractivity contribution is -0.125. The molecule has 2 unspecified atom stereocenters. The Morgan fingerprint density at radius 2 is 2.25 bits per heavy atom. The van der Waals surface area contributed by atoms with Gasteiger partial charge in [-0.1, -0.05) is 0 Å². The van der Waals surface area contributed by atoms with Gasteiger partial charge in [-0.3, -0.25) is 4.79 Å². The van der Waals surface area contributed by atoms with E-state index in [1.54, 1.807) is 0 Å². The molecule has 0 aliphatic rings. The summed E-state index contributed by atoms with van der Waals surface area (Å²) in [7, 11) is 0. The molecule has 48 valence electrons. The minimum absolute atomic E-state index is 0.604. The Kier molecular flexibility index (Phi) is 2.79. The van der Waals surface area contributed by atoms with Crippen molar-refractivity contribution in [1.82, 2.24) is 0 Å². The van der Waals surface area contributed by atoms with Gasteiger partial charge in [0.25, 0.3) is 0 Å². The van der Waals surface area contributed by atoms with Crippen molar-refractivity contribution >= 4 is 17.5 Å². The van der Waals surface area contributed by atoms with Crippen molar-refractivity contribution in [2.45, 2.75) is 18.4 Å². The summed E-state index contributed by atoms with van der Waals surface area (Å²) in [4.78, 5) is 10.0. The third-order valence-corrected chi connectivity index (χ3v) is 0.965. The van der Waals surface area contributed by atoms with Crippen molar-refractivity contribution < 1.29 is 9.90 Å². The summed E-state index contributed by atoms with van der Waals surface area (Å²) in [5.41, 5.74) is 4.66. The molecule has 2 atom stereocenters. The van der Waals surface area contributed by atoms with Crippen molar-refractivity contribution in [3.63, 3.8) is 0 Å². The average Bonchev–Trinajstić information content (AvgIpc) is 1.64. The van der Waals surface area contributed by atoms with Crippen molar-refractivity contribution in [3.8, 4) is 0 Å². The highest BCUT2D eigenvalue weighted by atomic mass is 35.5. The van der Waals surface area contributed by atoms with Crippen LogP contribution in [0.3, 0.4) is 0 Å². The van der Waals surface area contributed by atoms with Gasteiger partial charge in [0.05, 0.1) is 5.38 Å². The first-order valence-electron chi connectivity index (χ1n) is 2.17. The molecule has 0 aliphatic heterocycles. The van der Waals surface area contributed by atoms with Crippen molar-refractivity contribution in [2.75, 3.05) is 0 Å². The molecular formula is C4H8ClNO2. The molecule has 0 fully saturated rings. The molecule has 0 bridgehead atoms. The summed E-state index contributed by atoms with van der Waals surface area (Å²) in [5.74, 6) is -0.785. The second-order valence-corrected chi connectivity index (χ2v) is 2.21. The smallest absolute Gasteiger partial charge is 0.247 e. The maximum atomic E-state index is 10.0. The normalized spacial score (nSPS) is 17.4. The lowest BCUT2D eigenvalue weighted by Crippen LogP contribution is -2.34. The lowest BCUT2D eigenvalue weighted by Gasteiger charge is -2.05. The topological polar surface area (TPSA) is 63.3 Å². The van der Waals surface area contributed by atoms with Gasteiger partial charge in [0.15, 0.2) is 0 Å². The van der Waals surface area contributed by atoms with E-state index in [1.165, 1.54) is 6.92 Å². The van der Waals surface area contributed by atoms with Crippen LogP contribution in [0.1, 0.15) is 6.92 Å². The Balaban J connectivity index is 3.64. The van der Waals surface area contributed by atoms with Crippen molar-refractivity contribution in [1.29, 1.82) is 0 Å². The fourth-order valence-electron chi connectivity index (χ4n) is 0.226. The Morgan fingerprint density at radius 3 is 2.25 bits per heavy atom. The predicted molar refractivity (Wildman–Crippen MR) is 30.5 cm³/mol. The number of rotatable bonds is 2. The van der Waals surface area contributed by atoms with E-state index in [-0.39, 0.29) is 0 Å². The lowest BCUT2D eigenvalue weighted by atomic mass is 10.3. The summed E-state index contributed by atoms with van der Waals surface area (Å²) in [6.07, 6.45) is -1.23. The molecule has 4 heteroatoms. The second-order valence-electron chi connectivity index (χ2n) is 1.52. The molecule has 3 nitrogen and oxygen atoms in total. The first kappa shape index (κ1) is 7.72. The number of aliphatic hydroxyl groups excluding tert-OH is 1. The minimum Gasteiger partial charge on any atom is -0.382 e. The van der Waals surface area contributed by atoms with E-state index >= 15 is 0 Å². The number of amides is 1. The zero-order valence-electron chi connectivity index (χ0n) is 4.47. The molecule has 3 N–H and O–H groups in total. The molecule has 0 aromatic carbocycles. The third kappa shape index (κ3) is 2.14. The fraction of sp³-hybridized carbons (Fsp3) is 0.750. The highest BCUT2D eigenvalue weighted by Gasteiger charge is 2.15. The molecular weight excluding hydrogens is 130 g/mol. The SMILES string of the molecule is CC(Cl)C(O)C(N)=O. The van der Waals surface area contributed by atoms with Crippen LogP contribution in [0.4, 0.5) is 0 Å². The molecule has 0 aliphatic carbocycles. The standard InChI is InChI=1S/C4H8ClNO2/c1-2(5)3(7)4(6)8/h2-3,7H,1H3,(H2,6,8). The Bertz CT molecular complexity index is 94.0. The van der Waals surface area contributed by atoms with E-state index < -0.39 is 17.4 Å². The van der Waals surface area contributed by atoms with Gasteiger partial charge in [0.2, 0.25) is 5.91 Å². The van der Waals surface area contributed by atoms with Gasteiger partial charge in [-0.25, -0.2) is 0 Å². The zero-order valence-corrected chi connectivity index (χ0v) is 5.22. The van der Waals surface area contributed by atoms with Crippen LogP contribution in [0, 0.1) is 0 Å². The highest BCUT2D eigenvalue weighted by Crippen LogP contribution is 1.98. The van der Waals surface area contributed by atoms with E-state index in [0.717, 1.165) is 0 Å². The van der Waals surface area contributed by atoms with Crippen molar-refractivity contribution in [2.24, 2.45) is 5.73 Å². The Labute approximate surface area is 52.4 Å². The fourth-order valence-corrected chi connectivity index (χ4v) is 0.351. The molecule has 0 saturated heterocycles. The monoisotopic (exact) mass is 137 g/mol. The molecule has 8 heavy (non-hydrogen) atoms. The zero-order chi connectivity index (χ0) is 6.73. The van der Waals surface area contributed by atoms with Gasteiger partial charge in [-0.2, -0.15) is 0 Å². The van der Waals surface area contributed by atoms with E-state index in [0.29, 0.717) is 0 Å². The van der Waals surface area contributed by atoms with Crippen LogP contribution in [0.2, 0.25) is 0 Å². The molecule has 0 aromatic heterocycles. The number of carbonyl (C=O) groups excluding carboxylic acids is 1. The third-order valence-electron chi connectivity index (χ3n) is 0.727. The number of hydrogen-bond acceptors (Lipinski definition) is 2. The Morgan fingerprint density at radius 1 is 1.88 bits per heavy atom. The predicted octanol–water partition coefficient (Wildman–Crippen LogP) is -0.540. The molecule has 1 amide bonds. The van der Waals surface area contributed by atoms with Gasteiger partial charge >= 0.3 is 0 Å². The van der Waals surface area contributed by atoms with E-state index in [4.69, 9.17) is 16.7 Å². The van der Waals surface area contributed by atoms with E-state index in [2.05, 4.69) is 5.73 Å². The van der Waals surface area contributed by atoms with Gasteiger partial charge in [-0.05, 0) is 6.92 Å². The van der Waals surface area contributed by atoms with Gasteiger partial charge in [-0.15, -0.1) is 11.6 Å². The summed E-state index contributed by atoms with van der Waals surface area (Å²) in [6.45, 7) is 1.50. The minimum atomic E-state index is -1.23. The molecule has 0 saturated carbocycles. The number of nitrogens with two attached hydrogens (primary N) is 1. The van der Waals surface area contributed by atoms with Gasteiger partial charge in [0.1, 0.15) is 6.10 Å². The first-order chi connectivity index (χ1) is 3.55. The van der Waals surface area contributed by atoms with E-state index in [1.807, 2.05) is 0 Å². The Hall–Kier alpha value is -0.280. The van der Waals surface area contributed by atoms with Crippen molar-refractivity contribution in [3.05, 3.63) is 0 Å². The first-order valence-corrected chi connectivity index (χ1v) is 2.61. The number of hydrogen-bond donors (Lipinski definition) is 2. The number of alkyl halides is 1. The van der Waals surface area contributed by atoms with Crippen LogP contribution >= 0.6 is 11.6 Å². The molecule has 0 aromatic rings. The molecule has 0 heterocycles. The molecule has 0 rings (SSSR count). The molecule has 0 spiro atoms. The van der Waals surface area contributed by atoms with Crippen LogP contribution in [-0.2, 0) is 4.79 Å². The number of primary amides is 1. The van der Waals surface area contributed by atoms with Crippen LogP contribution in [0.15, 0.2) is 0 Å². The number of carbonyl (C=O) groups is 1. The summed E-state index contributed by atoms with van der Waals surface area (Å²) in [6, 6.07) is 0. The van der Waals surface area contributed by atoms with Crippen LogP contribution in [0.5, 0.6) is 0 Å². The highest BCUT2D eigenvalue weighted by molar-refractivity contribution is 6.22. The second kappa shape index (κ2) is 2.89. The average molecular weight is 138 g/mol. The maximum absolute atomic E-state index is 10.0. The number of aliphatic hydroxyl groups is 1.